The molecule has 0 aliphatic rings. The molecule has 2 amide bonds. The van der Waals surface area contributed by atoms with Gasteiger partial charge in [-0.25, -0.2) is 9.59 Å². The zero-order chi connectivity index (χ0) is 20.7. The fourth-order valence-corrected chi connectivity index (χ4v) is 2.32. The maximum Gasteiger partial charge on any atom is 0.416 e. The quantitative estimate of drug-likeness (QED) is 0.719. The first kappa shape index (κ1) is 21.3. The van der Waals surface area contributed by atoms with Crippen molar-refractivity contribution in [3.05, 3.63) is 70.8 Å². The van der Waals surface area contributed by atoms with Gasteiger partial charge >= 0.3 is 18.2 Å². The van der Waals surface area contributed by atoms with Gasteiger partial charge in [-0.15, -0.1) is 0 Å². The number of ether oxygens (including phenoxy) is 1. The summed E-state index contributed by atoms with van der Waals surface area (Å²) < 4.78 is 43.2. The molecular formula is C20H21F3N2O3. The molecule has 0 atom stereocenters. The van der Waals surface area contributed by atoms with Crippen LogP contribution in [0.5, 0.6) is 0 Å². The molecule has 0 aliphatic carbocycles. The van der Waals surface area contributed by atoms with E-state index in [1.807, 2.05) is 13.8 Å². The third-order valence-corrected chi connectivity index (χ3v) is 3.69. The lowest BCUT2D eigenvalue weighted by molar-refractivity contribution is -0.137. The Bertz CT molecular complexity index is 818. The van der Waals surface area contributed by atoms with Crippen molar-refractivity contribution in [3.63, 3.8) is 0 Å². The van der Waals surface area contributed by atoms with Gasteiger partial charge in [0.1, 0.15) is 6.61 Å². The minimum atomic E-state index is -4.45. The Morgan fingerprint density at radius 3 is 2.32 bits per heavy atom. The molecule has 2 rings (SSSR count). The number of nitrogens with one attached hydrogen (secondary N) is 2. The number of halogens is 3. The van der Waals surface area contributed by atoms with E-state index >= 15 is 0 Å². The second-order valence-electron chi connectivity index (χ2n) is 6.45. The summed E-state index contributed by atoms with van der Waals surface area (Å²) in [5, 5.41) is 5.38. The molecule has 150 valence electrons. The fraction of sp³-hybridized carbons (Fsp3) is 0.300. The van der Waals surface area contributed by atoms with E-state index in [-0.39, 0.29) is 36.4 Å². The number of rotatable bonds is 6. The third-order valence-electron chi connectivity index (χ3n) is 3.69. The van der Waals surface area contributed by atoms with Gasteiger partial charge in [-0.2, -0.15) is 13.2 Å². The molecule has 0 spiro atoms. The zero-order valence-electron chi connectivity index (χ0n) is 15.5. The van der Waals surface area contributed by atoms with Crippen LogP contribution in [0.1, 0.15) is 40.9 Å². The van der Waals surface area contributed by atoms with E-state index in [1.54, 1.807) is 12.1 Å². The number of carbonyl (C=O) groups excluding carboxylic acids is 2. The monoisotopic (exact) mass is 394 g/mol. The smallest absolute Gasteiger partial charge is 0.416 e. The fourth-order valence-electron chi connectivity index (χ4n) is 2.32. The van der Waals surface area contributed by atoms with E-state index in [0.29, 0.717) is 0 Å². The van der Waals surface area contributed by atoms with Crippen LogP contribution >= 0.6 is 0 Å². The number of esters is 1. The molecule has 8 heteroatoms. The van der Waals surface area contributed by atoms with Crippen LogP contribution in [-0.2, 0) is 24.1 Å². The van der Waals surface area contributed by atoms with Crippen LogP contribution in [0.25, 0.3) is 0 Å². The molecule has 0 aliphatic heterocycles. The van der Waals surface area contributed by atoms with Crippen molar-refractivity contribution >= 4 is 12.0 Å². The van der Waals surface area contributed by atoms with Gasteiger partial charge in [-0.3, -0.25) is 0 Å². The van der Waals surface area contributed by atoms with Gasteiger partial charge in [0.05, 0.1) is 11.1 Å². The van der Waals surface area contributed by atoms with Crippen LogP contribution in [0.4, 0.5) is 18.0 Å². The van der Waals surface area contributed by atoms with E-state index in [4.69, 9.17) is 4.74 Å². The van der Waals surface area contributed by atoms with E-state index in [1.165, 1.54) is 24.3 Å². The van der Waals surface area contributed by atoms with Crippen LogP contribution < -0.4 is 10.6 Å². The van der Waals surface area contributed by atoms with Crippen molar-refractivity contribution in [2.24, 2.45) is 0 Å². The molecule has 0 unspecified atom stereocenters. The molecule has 2 aromatic carbocycles. The number of amides is 2. The second-order valence-corrected chi connectivity index (χ2v) is 6.45. The summed E-state index contributed by atoms with van der Waals surface area (Å²) in [6.07, 6.45) is -4.45. The Morgan fingerprint density at radius 1 is 1.04 bits per heavy atom. The number of benzene rings is 2. The average molecular weight is 394 g/mol. The molecular weight excluding hydrogens is 373 g/mol. The van der Waals surface area contributed by atoms with Gasteiger partial charge < -0.3 is 15.4 Å². The minimum Gasteiger partial charge on any atom is -0.457 e. The van der Waals surface area contributed by atoms with Gasteiger partial charge in [0.15, 0.2) is 0 Å². The molecule has 0 radical (unpaired) electrons. The summed E-state index contributed by atoms with van der Waals surface area (Å²) >= 11 is 0. The highest BCUT2D eigenvalue weighted by Crippen LogP contribution is 2.29. The zero-order valence-corrected chi connectivity index (χ0v) is 15.5. The number of carbonyl (C=O) groups is 2. The first-order valence-corrected chi connectivity index (χ1v) is 8.61. The summed E-state index contributed by atoms with van der Waals surface area (Å²) in [4.78, 5) is 23.6. The molecule has 0 saturated heterocycles. The Morgan fingerprint density at radius 2 is 1.71 bits per heavy atom. The van der Waals surface area contributed by atoms with Crippen LogP contribution in [0, 0.1) is 0 Å². The summed E-state index contributed by atoms with van der Waals surface area (Å²) in [5.41, 5.74) is 0.509. The first-order chi connectivity index (χ1) is 13.1. The predicted molar refractivity (Wildman–Crippen MR) is 97.5 cm³/mol. The topological polar surface area (TPSA) is 67.4 Å². The first-order valence-electron chi connectivity index (χ1n) is 8.61. The molecule has 5 nitrogen and oxygen atoms in total. The molecule has 0 fully saturated rings. The highest BCUT2D eigenvalue weighted by molar-refractivity contribution is 5.89. The molecule has 28 heavy (non-hydrogen) atoms. The van der Waals surface area contributed by atoms with Crippen molar-refractivity contribution < 1.29 is 27.5 Å². The second kappa shape index (κ2) is 9.25. The maximum absolute atomic E-state index is 12.7. The molecule has 0 bridgehead atoms. The van der Waals surface area contributed by atoms with Crippen LogP contribution in [0.3, 0.4) is 0 Å². The standard InChI is InChI=1S/C20H21F3N2O3/c1-13(2)25-19(27)24-11-14-6-8-16(9-7-14)18(26)28-12-15-4-3-5-17(10-15)20(21,22)23/h3-10,13H,11-12H2,1-2H3,(H2,24,25,27). The lowest BCUT2D eigenvalue weighted by atomic mass is 10.1. The van der Waals surface area contributed by atoms with Crippen molar-refractivity contribution in [2.75, 3.05) is 0 Å². The Labute approximate surface area is 160 Å². The van der Waals surface area contributed by atoms with E-state index in [0.717, 1.165) is 17.7 Å². The maximum atomic E-state index is 12.7. The highest BCUT2D eigenvalue weighted by Gasteiger charge is 2.30. The number of alkyl halides is 3. The highest BCUT2D eigenvalue weighted by atomic mass is 19.4. The largest absolute Gasteiger partial charge is 0.457 e. The van der Waals surface area contributed by atoms with Crippen molar-refractivity contribution in [1.29, 1.82) is 0 Å². The van der Waals surface area contributed by atoms with Crippen LogP contribution in [-0.4, -0.2) is 18.0 Å². The van der Waals surface area contributed by atoms with Crippen LogP contribution in [0.2, 0.25) is 0 Å². The normalized spacial score (nSPS) is 11.2. The average Bonchev–Trinajstić information content (AvgIpc) is 2.64. The van der Waals surface area contributed by atoms with Crippen molar-refractivity contribution in [1.82, 2.24) is 10.6 Å². The van der Waals surface area contributed by atoms with Gasteiger partial charge in [0.2, 0.25) is 0 Å². The van der Waals surface area contributed by atoms with E-state index in [9.17, 15) is 22.8 Å². The third kappa shape index (κ3) is 6.61. The summed E-state index contributed by atoms with van der Waals surface area (Å²) in [6, 6.07) is 10.8. The SMILES string of the molecule is CC(C)NC(=O)NCc1ccc(C(=O)OCc2cccc(C(F)(F)F)c2)cc1. The molecule has 2 aromatic rings. The Hall–Kier alpha value is -3.03. The van der Waals surface area contributed by atoms with E-state index in [2.05, 4.69) is 10.6 Å². The lowest BCUT2D eigenvalue weighted by Crippen LogP contribution is -2.39. The summed E-state index contributed by atoms with van der Waals surface area (Å²) in [5.74, 6) is -0.644. The molecule has 0 heterocycles. The van der Waals surface area contributed by atoms with Gasteiger partial charge in [0.25, 0.3) is 0 Å². The van der Waals surface area contributed by atoms with Crippen molar-refractivity contribution in [2.45, 2.75) is 39.2 Å². The molecule has 0 saturated carbocycles. The number of hydrogen-bond donors (Lipinski definition) is 2. The summed E-state index contributed by atoms with van der Waals surface area (Å²) in [7, 11) is 0. The van der Waals surface area contributed by atoms with Gasteiger partial charge in [-0.1, -0.05) is 24.3 Å². The number of hydrogen-bond acceptors (Lipinski definition) is 3. The molecule has 2 N–H and O–H groups in total. The predicted octanol–water partition coefficient (Wildman–Crippen LogP) is 4.27. The minimum absolute atomic E-state index is 0.0222. The van der Waals surface area contributed by atoms with Gasteiger partial charge in [-0.05, 0) is 49.2 Å². The number of urea groups is 1. The van der Waals surface area contributed by atoms with Crippen molar-refractivity contribution in [3.8, 4) is 0 Å². The van der Waals surface area contributed by atoms with E-state index < -0.39 is 17.7 Å². The van der Waals surface area contributed by atoms with Gasteiger partial charge in [0, 0.05) is 12.6 Å². The molecule has 0 aromatic heterocycles. The van der Waals surface area contributed by atoms with Crippen LogP contribution in [0.15, 0.2) is 48.5 Å². The Balaban J connectivity index is 1.89. The lowest BCUT2D eigenvalue weighted by Gasteiger charge is -2.11. The summed E-state index contributed by atoms with van der Waals surface area (Å²) in [6.45, 7) is 3.72. The Kier molecular flexibility index (Phi) is 7.03.